The van der Waals surface area contributed by atoms with Gasteiger partial charge in [0, 0.05) is 34.9 Å². The van der Waals surface area contributed by atoms with E-state index in [2.05, 4.69) is 14.9 Å². The van der Waals surface area contributed by atoms with Gasteiger partial charge in [-0.25, -0.2) is 4.98 Å². The monoisotopic (exact) mass is 321 g/mol. The third kappa shape index (κ3) is 2.93. The molecule has 5 heteroatoms. The largest absolute Gasteiger partial charge is 0.345 e. The maximum atomic E-state index is 12.4. The van der Waals surface area contributed by atoms with E-state index >= 15 is 0 Å². The SMILES string of the molecule is CCn1c(C)cc(=O)c2cc(C(=O)Nc3cccc(C)n3)ccc21. The summed E-state index contributed by atoms with van der Waals surface area (Å²) in [5.41, 5.74) is 2.95. The lowest BCUT2D eigenvalue weighted by Gasteiger charge is -2.13. The van der Waals surface area contributed by atoms with Gasteiger partial charge < -0.3 is 9.88 Å². The zero-order valence-electron chi connectivity index (χ0n) is 14.0. The van der Waals surface area contributed by atoms with E-state index in [4.69, 9.17) is 0 Å². The molecule has 5 nitrogen and oxygen atoms in total. The number of carbonyl (C=O) groups is 1. The van der Waals surface area contributed by atoms with E-state index in [9.17, 15) is 9.59 Å². The van der Waals surface area contributed by atoms with E-state index in [-0.39, 0.29) is 11.3 Å². The second-order valence-corrected chi connectivity index (χ2v) is 5.74. The summed E-state index contributed by atoms with van der Waals surface area (Å²) in [6.07, 6.45) is 0. The van der Waals surface area contributed by atoms with Crippen molar-refractivity contribution in [3.05, 3.63) is 69.6 Å². The summed E-state index contributed by atoms with van der Waals surface area (Å²) in [5, 5.41) is 3.31. The summed E-state index contributed by atoms with van der Waals surface area (Å²) in [6, 6.07) is 12.2. The maximum absolute atomic E-state index is 12.4. The number of nitrogens with one attached hydrogen (secondary N) is 1. The van der Waals surface area contributed by atoms with Crippen LogP contribution < -0.4 is 10.7 Å². The molecular weight excluding hydrogens is 302 g/mol. The molecule has 122 valence electrons. The van der Waals surface area contributed by atoms with E-state index in [1.165, 1.54) is 0 Å². The Kier molecular flexibility index (Phi) is 4.16. The molecule has 0 atom stereocenters. The first-order chi connectivity index (χ1) is 11.5. The molecule has 0 unspecified atom stereocenters. The van der Waals surface area contributed by atoms with Gasteiger partial charge in [-0.3, -0.25) is 9.59 Å². The van der Waals surface area contributed by atoms with Crippen LogP contribution in [-0.2, 0) is 6.54 Å². The summed E-state index contributed by atoms with van der Waals surface area (Å²) >= 11 is 0. The van der Waals surface area contributed by atoms with Crippen LogP contribution in [0.15, 0.2) is 47.3 Å². The van der Waals surface area contributed by atoms with Crippen LogP contribution in [0, 0.1) is 13.8 Å². The van der Waals surface area contributed by atoms with Gasteiger partial charge in [-0.2, -0.15) is 0 Å². The number of aromatic nitrogens is 2. The van der Waals surface area contributed by atoms with E-state index in [0.29, 0.717) is 16.8 Å². The summed E-state index contributed by atoms with van der Waals surface area (Å²) < 4.78 is 2.06. The fourth-order valence-electron chi connectivity index (χ4n) is 2.87. The number of anilines is 1. The Balaban J connectivity index is 2.02. The standard InChI is InChI=1S/C19H19N3O2/c1-4-22-13(3)10-17(23)15-11-14(8-9-16(15)22)19(24)21-18-7-5-6-12(2)20-18/h5-11H,4H2,1-3H3,(H,20,21,24). The minimum Gasteiger partial charge on any atom is -0.345 e. The minimum absolute atomic E-state index is 0.0736. The molecule has 0 bridgehead atoms. The zero-order chi connectivity index (χ0) is 17.3. The van der Waals surface area contributed by atoms with Crippen LogP contribution in [0.4, 0.5) is 5.82 Å². The fourth-order valence-corrected chi connectivity index (χ4v) is 2.87. The number of aryl methyl sites for hydroxylation is 3. The van der Waals surface area contributed by atoms with Crippen molar-refractivity contribution >= 4 is 22.6 Å². The highest BCUT2D eigenvalue weighted by Gasteiger charge is 2.11. The van der Waals surface area contributed by atoms with Crippen LogP contribution in [0.3, 0.4) is 0 Å². The highest BCUT2D eigenvalue weighted by Crippen LogP contribution is 2.16. The molecule has 2 aromatic heterocycles. The predicted molar refractivity (Wildman–Crippen MR) is 95.5 cm³/mol. The van der Waals surface area contributed by atoms with E-state index in [0.717, 1.165) is 23.4 Å². The van der Waals surface area contributed by atoms with Crippen molar-refractivity contribution in [1.82, 2.24) is 9.55 Å². The van der Waals surface area contributed by atoms with Crippen molar-refractivity contribution in [2.45, 2.75) is 27.3 Å². The average molecular weight is 321 g/mol. The molecule has 0 aliphatic carbocycles. The summed E-state index contributed by atoms with van der Waals surface area (Å²) in [4.78, 5) is 29.0. The Morgan fingerprint density at radius 3 is 2.67 bits per heavy atom. The van der Waals surface area contributed by atoms with Crippen molar-refractivity contribution in [3.63, 3.8) is 0 Å². The number of benzene rings is 1. The van der Waals surface area contributed by atoms with Gasteiger partial charge in [0.25, 0.3) is 5.91 Å². The molecular formula is C19H19N3O2. The Morgan fingerprint density at radius 2 is 1.96 bits per heavy atom. The quantitative estimate of drug-likeness (QED) is 0.805. The highest BCUT2D eigenvalue weighted by atomic mass is 16.1. The number of rotatable bonds is 3. The van der Waals surface area contributed by atoms with Gasteiger partial charge in [-0.1, -0.05) is 6.07 Å². The van der Waals surface area contributed by atoms with Gasteiger partial charge in [0.05, 0.1) is 5.52 Å². The summed E-state index contributed by atoms with van der Waals surface area (Å²) in [7, 11) is 0. The molecule has 0 spiro atoms. The predicted octanol–water partition coefficient (Wildman–Crippen LogP) is 3.29. The molecule has 1 amide bonds. The molecule has 3 aromatic rings. The van der Waals surface area contributed by atoms with Gasteiger partial charge in [0.2, 0.25) is 0 Å². The van der Waals surface area contributed by atoms with Gasteiger partial charge in [0.15, 0.2) is 5.43 Å². The fraction of sp³-hybridized carbons (Fsp3) is 0.211. The number of fused-ring (bicyclic) bond motifs is 1. The second-order valence-electron chi connectivity index (χ2n) is 5.74. The molecule has 0 fully saturated rings. The van der Waals surface area contributed by atoms with Gasteiger partial charge in [-0.15, -0.1) is 0 Å². The van der Waals surface area contributed by atoms with Gasteiger partial charge in [0.1, 0.15) is 5.82 Å². The maximum Gasteiger partial charge on any atom is 0.256 e. The number of amides is 1. The van der Waals surface area contributed by atoms with Crippen LogP contribution in [0.25, 0.3) is 10.9 Å². The van der Waals surface area contributed by atoms with Crippen LogP contribution in [0.5, 0.6) is 0 Å². The first kappa shape index (κ1) is 15.9. The molecule has 0 aliphatic heterocycles. The molecule has 0 saturated carbocycles. The normalized spacial score (nSPS) is 10.8. The zero-order valence-corrected chi connectivity index (χ0v) is 14.0. The summed E-state index contributed by atoms with van der Waals surface area (Å²) in [6.45, 7) is 6.57. The number of carbonyl (C=O) groups excluding carboxylic acids is 1. The first-order valence-corrected chi connectivity index (χ1v) is 7.89. The molecule has 3 rings (SSSR count). The number of pyridine rings is 2. The van der Waals surface area contributed by atoms with Crippen LogP contribution in [0.1, 0.15) is 28.7 Å². The van der Waals surface area contributed by atoms with Crippen molar-refractivity contribution in [1.29, 1.82) is 0 Å². The molecule has 1 N–H and O–H groups in total. The molecule has 24 heavy (non-hydrogen) atoms. The van der Waals surface area contributed by atoms with Gasteiger partial charge >= 0.3 is 0 Å². The molecule has 0 aliphatic rings. The van der Waals surface area contributed by atoms with Crippen LogP contribution in [0.2, 0.25) is 0 Å². The average Bonchev–Trinajstić information content (AvgIpc) is 2.55. The number of hydrogen-bond acceptors (Lipinski definition) is 3. The van der Waals surface area contributed by atoms with Crippen molar-refractivity contribution in [2.75, 3.05) is 5.32 Å². The number of hydrogen-bond donors (Lipinski definition) is 1. The Bertz CT molecular complexity index is 990. The third-order valence-corrected chi connectivity index (χ3v) is 4.03. The van der Waals surface area contributed by atoms with Crippen molar-refractivity contribution < 1.29 is 4.79 Å². The Hall–Kier alpha value is -2.95. The lowest BCUT2D eigenvalue weighted by molar-refractivity contribution is 0.102. The van der Waals surface area contributed by atoms with Crippen molar-refractivity contribution in [3.8, 4) is 0 Å². The van der Waals surface area contributed by atoms with Crippen LogP contribution >= 0.6 is 0 Å². The van der Waals surface area contributed by atoms with E-state index in [1.807, 2.05) is 39.0 Å². The first-order valence-electron chi connectivity index (χ1n) is 7.89. The smallest absolute Gasteiger partial charge is 0.256 e. The summed E-state index contributed by atoms with van der Waals surface area (Å²) in [5.74, 6) is 0.216. The second kappa shape index (κ2) is 6.28. The van der Waals surface area contributed by atoms with E-state index in [1.54, 1.807) is 24.3 Å². The lowest BCUT2D eigenvalue weighted by atomic mass is 10.1. The highest BCUT2D eigenvalue weighted by molar-refractivity contribution is 6.05. The molecule has 1 aromatic carbocycles. The Labute approximate surface area is 140 Å². The Morgan fingerprint density at radius 1 is 1.17 bits per heavy atom. The van der Waals surface area contributed by atoms with Crippen molar-refractivity contribution in [2.24, 2.45) is 0 Å². The third-order valence-electron chi connectivity index (χ3n) is 4.03. The molecule has 2 heterocycles. The van der Waals surface area contributed by atoms with Gasteiger partial charge in [-0.05, 0) is 51.1 Å². The lowest BCUT2D eigenvalue weighted by Crippen LogP contribution is -2.15. The molecule has 0 saturated heterocycles. The molecule has 0 radical (unpaired) electrons. The number of nitrogens with zero attached hydrogens (tertiary/aromatic N) is 2. The minimum atomic E-state index is -0.280. The van der Waals surface area contributed by atoms with E-state index < -0.39 is 0 Å². The topological polar surface area (TPSA) is 64.0 Å². The van der Waals surface area contributed by atoms with Crippen LogP contribution in [-0.4, -0.2) is 15.5 Å².